The number of likely N-dealkylation sites (tertiary alicyclic amines) is 1. The molecule has 1 unspecified atom stereocenters. The van der Waals surface area contributed by atoms with Crippen LogP contribution in [0.1, 0.15) is 58.8 Å². The van der Waals surface area contributed by atoms with E-state index in [9.17, 15) is 18.8 Å². The van der Waals surface area contributed by atoms with Crippen LogP contribution in [0.25, 0.3) is 0 Å². The Hall–Kier alpha value is -2.78. The molecule has 0 bridgehead atoms. The van der Waals surface area contributed by atoms with E-state index in [1.54, 1.807) is 10.9 Å². The Bertz CT molecular complexity index is 1140. The van der Waals surface area contributed by atoms with Crippen LogP contribution in [-0.2, 0) is 29.7 Å². The summed E-state index contributed by atoms with van der Waals surface area (Å²) in [5.74, 6) is -1.45. The molecule has 1 aromatic carbocycles. The second kappa shape index (κ2) is 8.53. The van der Waals surface area contributed by atoms with Gasteiger partial charge in [0.25, 0.3) is 5.91 Å². The molecule has 5 rings (SSSR count). The Labute approximate surface area is 195 Å². The van der Waals surface area contributed by atoms with Crippen molar-refractivity contribution < 1.29 is 18.8 Å². The third-order valence-electron chi connectivity index (χ3n) is 6.91. The maximum Gasteiger partial charge on any atom is 0.255 e. The van der Waals surface area contributed by atoms with Gasteiger partial charge in [-0.05, 0) is 61.5 Å². The second-order valence-electron chi connectivity index (χ2n) is 9.07. The number of rotatable bonds is 4. The summed E-state index contributed by atoms with van der Waals surface area (Å²) in [7, 11) is 1.84. The highest BCUT2D eigenvalue weighted by atomic mass is 35.5. The van der Waals surface area contributed by atoms with Crippen LogP contribution in [0.2, 0.25) is 5.02 Å². The average Bonchev–Trinajstić information content (AvgIpc) is 3.26. The lowest BCUT2D eigenvalue weighted by molar-refractivity contribution is -0.136. The molecule has 3 amide bonds. The smallest absolute Gasteiger partial charge is 0.255 e. The topological polar surface area (TPSA) is 87.5 Å². The van der Waals surface area contributed by atoms with E-state index in [1.807, 2.05) is 7.05 Å². The third-order valence-corrected chi connectivity index (χ3v) is 7.23. The van der Waals surface area contributed by atoms with Gasteiger partial charge in [0.15, 0.2) is 0 Å². The number of nitrogens with zero attached hydrogens (tertiary/aromatic N) is 4. The first kappa shape index (κ1) is 22.0. The van der Waals surface area contributed by atoms with Gasteiger partial charge in [0.05, 0.1) is 10.7 Å². The molecule has 174 valence electrons. The number of nitrogens with one attached hydrogen (secondary N) is 1. The van der Waals surface area contributed by atoms with E-state index in [2.05, 4.69) is 15.3 Å². The highest BCUT2D eigenvalue weighted by Gasteiger charge is 2.41. The molecule has 8 nitrogen and oxygen atoms in total. The van der Waals surface area contributed by atoms with E-state index >= 15 is 0 Å². The van der Waals surface area contributed by atoms with Crippen molar-refractivity contribution in [2.45, 2.75) is 50.7 Å². The predicted octanol–water partition coefficient (Wildman–Crippen LogP) is 2.35. The van der Waals surface area contributed by atoms with Crippen molar-refractivity contribution >= 4 is 29.3 Å². The number of hydrogen-bond donors (Lipinski definition) is 1. The van der Waals surface area contributed by atoms with E-state index in [4.69, 9.17) is 11.6 Å². The molecule has 0 aliphatic carbocycles. The van der Waals surface area contributed by atoms with Gasteiger partial charge in [-0.3, -0.25) is 29.3 Å². The lowest BCUT2D eigenvalue weighted by atomic mass is 9.85. The minimum absolute atomic E-state index is 0.124. The van der Waals surface area contributed by atoms with Crippen LogP contribution < -0.4 is 5.32 Å². The normalized spacial score (nSPS) is 22.1. The summed E-state index contributed by atoms with van der Waals surface area (Å²) < 4.78 is 16.2. The number of carbonyl (C=O) groups is 3. The summed E-state index contributed by atoms with van der Waals surface area (Å²) in [6.45, 7) is 2.55. The minimum Gasteiger partial charge on any atom is -0.322 e. The highest BCUT2D eigenvalue weighted by molar-refractivity contribution is 6.31. The van der Waals surface area contributed by atoms with Crippen LogP contribution in [0.3, 0.4) is 0 Å². The molecule has 10 heteroatoms. The standard InChI is InChI=1S/C23H25ClFN5O3/c1-28-11-18(24)19(27-28)12-29-6-4-13(5-7-29)15-8-14(25)9-16-17(15)10-30(23(16)33)20-2-3-21(31)26-22(20)32/h8-9,11,13,20H,2-7,10,12H2,1H3,(H,26,31,32). The number of piperidine rings is 2. The molecule has 1 atom stereocenters. The molecule has 2 aromatic rings. The summed E-state index contributed by atoms with van der Waals surface area (Å²) in [5, 5.41) is 7.36. The molecule has 1 aromatic heterocycles. The molecule has 3 aliphatic heterocycles. The Kier molecular flexibility index (Phi) is 5.70. The number of fused-ring (bicyclic) bond motifs is 1. The first-order valence-electron chi connectivity index (χ1n) is 11.2. The second-order valence-corrected chi connectivity index (χ2v) is 9.48. The molecule has 33 heavy (non-hydrogen) atoms. The Morgan fingerprint density at radius 3 is 2.61 bits per heavy atom. The maximum atomic E-state index is 14.5. The molecular formula is C23H25ClFN5O3. The van der Waals surface area contributed by atoms with E-state index < -0.39 is 17.8 Å². The number of carbonyl (C=O) groups excluding carboxylic acids is 3. The quantitative estimate of drug-likeness (QED) is 0.689. The Morgan fingerprint density at radius 1 is 1.18 bits per heavy atom. The van der Waals surface area contributed by atoms with Gasteiger partial charge in [0, 0.05) is 38.3 Å². The van der Waals surface area contributed by atoms with Crippen molar-refractivity contribution in [3.63, 3.8) is 0 Å². The van der Waals surface area contributed by atoms with Crippen molar-refractivity contribution in [2.75, 3.05) is 13.1 Å². The number of halogens is 2. The Morgan fingerprint density at radius 2 is 1.94 bits per heavy atom. The highest BCUT2D eigenvalue weighted by Crippen LogP contribution is 2.38. The molecule has 3 aliphatic rings. The largest absolute Gasteiger partial charge is 0.322 e. The number of imide groups is 1. The van der Waals surface area contributed by atoms with Gasteiger partial charge in [0.2, 0.25) is 11.8 Å². The van der Waals surface area contributed by atoms with Crippen LogP contribution in [0.5, 0.6) is 0 Å². The molecule has 0 spiro atoms. The van der Waals surface area contributed by atoms with Crippen LogP contribution >= 0.6 is 11.6 Å². The predicted molar refractivity (Wildman–Crippen MR) is 118 cm³/mol. The fourth-order valence-electron chi connectivity index (χ4n) is 5.24. The maximum absolute atomic E-state index is 14.5. The van der Waals surface area contributed by atoms with E-state index in [1.165, 1.54) is 17.0 Å². The fourth-order valence-corrected chi connectivity index (χ4v) is 5.48. The van der Waals surface area contributed by atoms with Crippen molar-refractivity contribution in [1.82, 2.24) is 24.9 Å². The van der Waals surface area contributed by atoms with Gasteiger partial charge in [-0.15, -0.1) is 0 Å². The molecule has 2 saturated heterocycles. The van der Waals surface area contributed by atoms with Gasteiger partial charge < -0.3 is 4.90 Å². The van der Waals surface area contributed by atoms with Gasteiger partial charge in [-0.2, -0.15) is 5.10 Å². The number of aromatic nitrogens is 2. The minimum atomic E-state index is -0.705. The van der Waals surface area contributed by atoms with Gasteiger partial charge in [0.1, 0.15) is 11.9 Å². The zero-order valence-electron chi connectivity index (χ0n) is 18.3. The summed E-state index contributed by atoms with van der Waals surface area (Å²) in [4.78, 5) is 40.7. The van der Waals surface area contributed by atoms with Crippen molar-refractivity contribution in [3.8, 4) is 0 Å². The molecule has 0 saturated carbocycles. The first-order chi connectivity index (χ1) is 15.8. The van der Waals surface area contributed by atoms with Crippen molar-refractivity contribution in [1.29, 1.82) is 0 Å². The molecule has 0 radical (unpaired) electrons. The first-order valence-corrected chi connectivity index (χ1v) is 11.6. The van der Waals surface area contributed by atoms with Crippen LogP contribution in [0.15, 0.2) is 18.3 Å². The van der Waals surface area contributed by atoms with Crippen molar-refractivity contribution in [2.24, 2.45) is 7.05 Å². The number of hydrogen-bond acceptors (Lipinski definition) is 5. The summed E-state index contributed by atoms with van der Waals surface area (Å²) in [5.41, 5.74) is 2.83. The Balaban J connectivity index is 1.32. The van der Waals surface area contributed by atoms with Crippen LogP contribution in [-0.4, -0.2) is 56.4 Å². The molecular weight excluding hydrogens is 449 g/mol. The van der Waals surface area contributed by atoms with E-state index in [0.717, 1.165) is 42.8 Å². The van der Waals surface area contributed by atoms with Crippen molar-refractivity contribution in [3.05, 3.63) is 51.6 Å². The summed E-state index contributed by atoms with van der Waals surface area (Å²) in [6, 6.07) is 2.10. The zero-order valence-corrected chi connectivity index (χ0v) is 19.1. The lowest BCUT2D eigenvalue weighted by Gasteiger charge is -2.33. The van der Waals surface area contributed by atoms with E-state index in [-0.39, 0.29) is 37.1 Å². The zero-order chi connectivity index (χ0) is 23.3. The van der Waals surface area contributed by atoms with E-state index in [0.29, 0.717) is 17.1 Å². The molecule has 2 fully saturated rings. The number of benzene rings is 1. The monoisotopic (exact) mass is 473 g/mol. The number of amides is 3. The summed E-state index contributed by atoms with van der Waals surface area (Å²) >= 11 is 6.24. The molecule has 1 N–H and O–H groups in total. The average molecular weight is 474 g/mol. The fraction of sp³-hybridized carbons (Fsp3) is 0.478. The molecule has 4 heterocycles. The third kappa shape index (κ3) is 4.15. The van der Waals surface area contributed by atoms with Crippen LogP contribution in [0, 0.1) is 5.82 Å². The van der Waals surface area contributed by atoms with Crippen LogP contribution in [0.4, 0.5) is 4.39 Å². The van der Waals surface area contributed by atoms with Gasteiger partial charge >= 0.3 is 0 Å². The summed E-state index contributed by atoms with van der Waals surface area (Å²) in [6.07, 6.45) is 3.91. The SMILES string of the molecule is Cn1cc(Cl)c(CN2CCC(c3cc(F)cc4c3CN(C3CCC(=O)NC3=O)C4=O)CC2)n1. The number of aryl methyl sites for hydroxylation is 1. The lowest BCUT2D eigenvalue weighted by Crippen LogP contribution is -2.52. The van der Waals surface area contributed by atoms with Gasteiger partial charge in [-0.25, -0.2) is 4.39 Å². The van der Waals surface area contributed by atoms with Gasteiger partial charge in [-0.1, -0.05) is 11.6 Å².